The molecule has 3 heterocycles. The molecule has 0 aliphatic rings. The summed E-state index contributed by atoms with van der Waals surface area (Å²) in [5, 5.41) is 0.853. The van der Waals surface area contributed by atoms with E-state index >= 15 is 0 Å². The standard InChI is InChI=1S/C21H19N5/c1-21(2,15-6-4-3-5-7-15)16-12-24-13-17-18(16)19(22)26-20(25-17)14-8-10-23-11-9-14/h3-13H,1-2H3,(H2,22,25,26). The van der Waals surface area contributed by atoms with Crippen molar-refractivity contribution in [2.75, 3.05) is 5.73 Å². The van der Waals surface area contributed by atoms with Crippen LogP contribution in [0.15, 0.2) is 67.3 Å². The van der Waals surface area contributed by atoms with E-state index in [2.05, 4.69) is 40.9 Å². The van der Waals surface area contributed by atoms with Gasteiger partial charge in [-0.3, -0.25) is 9.97 Å². The third-order valence-electron chi connectivity index (χ3n) is 4.74. The van der Waals surface area contributed by atoms with E-state index in [1.54, 1.807) is 18.6 Å². The highest BCUT2D eigenvalue weighted by atomic mass is 15.0. The molecular formula is C21H19N5. The summed E-state index contributed by atoms with van der Waals surface area (Å²) in [6.45, 7) is 4.32. The summed E-state index contributed by atoms with van der Waals surface area (Å²) in [5.41, 5.74) is 9.92. The minimum atomic E-state index is -0.274. The Morgan fingerprint density at radius 2 is 1.58 bits per heavy atom. The van der Waals surface area contributed by atoms with Crippen LogP contribution in [0.4, 0.5) is 5.82 Å². The molecule has 0 aliphatic heterocycles. The van der Waals surface area contributed by atoms with Crippen molar-refractivity contribution in [3.8, 4) is 11.4 Å². The van der Waals surface area contributed by atoms with E-state index < -0.39 is 0 Å². The number of hydrogen-bond donors (Lipinski definition) is 1. The molecule has 1 aromatic carbocycles. The summed E-state index contributed by atoms with van der Waals surface area (Å²) in [4.78, 5) is 17.7. The maximum atomic E-state index is 6.38. The molecule has 0 saturated heterocycles. The maximum absolute atomic E-state index is 6.38. The molecule has 3 aromatic heterocycles. The Bertz CT molecular complexity index is 1060. The summed E-state index contributed by atoms with van der Waals surface area (Å²) in [6, 6.07) is 14.0. The Morgan fingerprint density at radius 1 is 0.846 bits per heavy atom. The molecular weight excluding hydrogens is 322 g/mol. The molecule has 2 N–H and O–H groups in total. The van der Waals surface area contributed by atoms with Crippen LogP contribution in [0.2, 0.25) is 0 Å². The largest absolute Gasteiger partial charge is 0.383 e. The van der Waals surface area contributed by atoms with Gasteiger partial charge in [-0.15, -0.1) is 0 Å². The monoisotopic (exact) mass is 341 g/mol. The molecule has 26 heavy (non-hydrogen) atoms. The molecule has 5 nitrogen and oxygen atoms in total. The fraction of sp³-hybridized carbons (Fsp3) is 0.143. The van der Waals surface area contributed by atoms with Crippen LogP contribution in [0.25, 0.3) is 22.3 Å². The third-order valence-corrected chi connectivity index (χ3v) is 4.74. The van der Waals surface area contributed by atoms with E-state index in [-0.39, 0.29) is 5.41 Å². The van der Waals surface area contributed by atoms with E-state index in [1.807, 2.05) is 36.5 Å². The SMILES string of the molecule is CC(C)(c1ccccc1)c1cncc2nc(-c3ccncc3)nc(N)c12. The number of anilines is 1. The molecule has 0 bridgehead atoms. The number of fused-ring (bicyclic) bond motifs is 1. The van der Waals surface area contributed by atoms with E-state index in [9.17, 15) is 0 Å². The van der Waals surface area contributed by atoms with Crippen molar-refractivity contribution in [2.45, 2.75) is 19.3 Å². The zero-order valence-corrected chi connectivity index (χ0v) is 14.7. The van der Waals surface area contributed by atoms with Gasteiger partial charge in [-0.25, -0.2) is 9.97 Å². The second-order valence-electron chi connectivity index (χ2n) is 6.74. The van der Waals surface area contributed by atoms with Crippen molar-refractivity contribution in [3.63, 3.8) is 0 Å². The van der Waals surface area contributed by atoms with Gasteiger partial charge in [0.15, 0.2) is 5.82 Å². The zero-order valence-electron chi connectivity index (χ0n) is 14.7. The van der Waals surface area contributed by atoms with Gasteiger partial charge < -0.3 is 5.73 Å². The number of nitrogen functional groups attached to an aromatic ring is 1. The zero-order chi connectivity index (χ0) is 18.1. The van der Waals surface area contributed by atoms with Crippen molar-refractivity contribution in [2.24, 2.45) is 0 Å². The van der Waals surface area contributed by atoms with Crippen LogP contribution >= 0.6 is 0 Å². The highest BCUT2D eigenvalue weighted by Gasteiger charge is 2.27. The van der Waals surface area contributed by atoms with Crippen LogP contribution in [-0.2, 0) is 5.41 Å². The minimum absolute atomic E-state index is 0.274. The summed E-state index contributed by atoms with van der Waals surface area (Å²) < 4.78 is 0. The van der Waals surface area contributed by atoms with Crippen LogP contribution in [0.1, 0.15) is 25.0 Å². The summed E-state index contributed by atoms with van der Waals surface area (Å²) >= 11 is 0. The highest BCUT2D eigenvalue weighted by molar-refractivity contribution is 5.93. The number of nitrogens with zero attached hydrogens (tertiary/aromatic N) is 4. The summed E-state index contributed by atoms with van der Waals surface area (Å²) in [6.07, 6.45) is 7.03. The number of rotatable bonds is 3. The van der Waals surface area contributed by atoms with Crippen molar-refractivity contribution in [3.05, 3.63) is 78.4 Å². The molecule has 0 atom stereocenters. The molecule has 4 rings (SSSR count). The Labute approximate surface area is 152 Å². The van der Waals surface area contributed by atoms with Crippen LogP contribution < -0.4 is 5.73 Å². The molecule has 0 aliphatic carbocycles. The van der Waals surface area contributed by atoms with Gasteiger partial charge in [0, 0.05) is 35.0 Å². The Morgan fingerprint density at radius 3 is 2.31 bits per heavy atom. The number of benzene rings is 1. The first-order chi connectivity index (χ1) is 12.6. The molecule has 0 unspecified atom stereocenters. The molecule has 5 heteroatoms. The van der Waals surface area contributed by atoms with Crippen molar-refractivity contribution in [1.29, 1.82) is 0 Å². The molecule has 4 aromatic rings. The van der Waals surface area contributed by atoms with Crippen LogP contribution in [0.3, 0.4) is 0 Å². The van der Waals surface area contributed by atoms with Gasteiger partial charge >= 0.3 is 0 Å². The lowest BCUT2D eigenvalue weighted by Gasteiger charge is -2.27. The number of aromatic nitrogens is 4. The number of hydrogen-bond acceptors (Lipinski definition) is 5. The molecule has 0 radical (unpaired) electrons. The van der Waals surface area contributed by atoms with E-state index in [4.69, 9.17) is 10.7 Å². The average Bonchev–Trinajstić information content (AvgIpc) is 2.69. The molecule has 0 saturated carbocycles. The fourth-order valence-corrected chi connectivity index (χ4v) is 3.23. The third kappa shape index (κ3) is 2.67. The Kier molecular flexibility index (Phi) is 3.84. The van der Waals surface area contributed by atoms with Gasteiger partial charge in [0.1, 0.15) is 5.82 Å². The van der Waals surface area contributed by atoms with Crippen LogP contribution in [0.5, 0.6) is 0 Å². The van der Waals surface area contributed by atoms with Crippen LogP contribution in [0, 0.1) is 0 Å². The first-order valence-corrected chi connectivity index (χ1v) is 8.45. The smallest absolute Gasteiger partial charge is 0.162 e. The summed E-state index contributed by atoms with van der Waals surface area (Å²) in [5.74, 6) is 1.04. The van der Waals surface area contributed by atoms with Crippen molar-refractivity contribution >= 4 is 16.7 Å². The predicted molar refractivity (Wildman–Crippen MR) is 104 cm³/mol. The highest BCUT2D eigenvalue weighted by Crippen LogP contribution is 2.37. The number of pyridine rings is 2. The van der Waals surface area contributed by atoms with Gasteiger partial charge in [-0.05, 0) is 23.3 Å². The van der Waals surface area contributed by atoms with E-state index in [1.165, 1.54) is 5.56 Å². The quantitative estimate of drug-likeness (QED) is 0.609. The minimum Gasteiger partial charge on any atom is -0.383 e. The van der Waals surface area contributed by atoms with E-state index in [0.29, 0.717) is 11.6 Å². The van der Waals surface area contributed by atoms with Gasteiger partial charge in [0.25, 0.3) is 0 Å². The fourth-order valence-electron chi connectivity index (χ4n) is 3.23. The van der Waals surface area contributed by atoms with Gasteiger partial charge in [0.2, 0.25) is 0 Å². The van der Waals surface area contributed by atoms with Gasteiger partial charge in [0.05, 0.1) is 11.7 Å². The number of nitrogens with two attached hydrogens (primary N) is 1. The molecule has 128 valence electrons. The molecule has 0 spiro atoms. The second-order valence-corrected chi connectivity index (χ2v) is 6.74. The van der Waals surface area contributed by atoms with Crippen LogP contribution in [-0.4, -0.2) is 19.9 Å². The lowest BCUT2D eigenvalue weighted by molar-refractivity contribution is 0.644. The molecule has 0 amide bonds. The Hall–Kier alpha value is -3.34. The lowest BCUT2D eigenvalue weighted by Crippen LogP contribution is -2.20. The maximum Gasteiger partial charge on any atom is 0.162 e. The van der Waals surface area contributed by atoms with Gasteiger partial charge in [-0.1, -0.05) is 44.2 Å². The first-order valence-electron chi connectivity index (χ1n) is 8.45. The average molecular weight is 341 g/mol. The summed E-state index contributed by atoms with van der Waals surface area (Å²) in [7, 11) is 0. The van der Waals surface area contributed by atoms with Gasteiger partial charge in [-0.2, -0.15) is 0 Å². The van der Waals surface area contributed by atoms with Crippen molar-refractivity contribution < 1.29 is 0 Å². The van der Waals surface area contributed by atoms with E-state index in [0.717, 1.165) is 22.0 Å². The lowest BCUT2D eigenvalue weighted by atomic mass is 9.77. The predicted octanol–water partition coefficient (Wildman–Crippen LogP) is 3.99. The Balaban J connectivity index is 1.93. The topological polar surface area (TPSA) is 77.6 Å². The first kappa shape index (κ1) is 16.1. The second kappa shape index (κ2) is 6.19. The normalized spacial score (nSPS) is 11.6. The molecule has 0 fully saturated rings. The van der Waals surface area contributed by atoms with Crippen molar-refractivity contribution in [1.82, 2.24) is 19.9 Å².